The average Bonchev–Trinajstić information content (AvgIpc) is 2.33. The van der Waals surface area contributed by atoms with E-state index in [0.29, 0.717) is 24.0 Å². The van der Waals surface area contributed by atoms with E-state index in [2.05, 4.69) is 33.4 Å². The van der Waals surface area contributed by atoms with Crippen molar-refractivity contribution in [3.63, 3.8) is 0 Å². The molecule has 0 aliphatic carbocycles. The Bertz CT molecular complexity index is 501. The number of nitriles is 1. The monoisotopic (exact) mass is 241 g/mol. The Morgan fingerprint density at radius 3 is 2.61 bits per heavy atom. The molecule has 2 heteroatoms. The lowest BCUT2D eigenvalue weighted by Crippen LogP contribution is -2.14. The van der Waals surface area contributed by atoms with E-state index in [0.717, 1.165) is 5.56 Å². The van der Waals surface area contributed by atoms with Gasteiger partial charge >= 0.3 is 0 Å². The quantitative estimate of drug-likeness (QED) is 0.590. The van der Waals surface area contributed by atoms with Crippen molar-refractivity contribution in [3.8, 4) is 6.07 Å². The van der Waals surface area contributed by atoms with Crippen LogP contribution in [0.3, 0.4) is 0 Å². The molecule has 1 aromatic rings. The first-order valence-electron chi connectivity index (χ1n) is 6.09. The van der Waals surface area contributed by atoms with Crippen LogP contribution >= 0.6 is 0 Å². The highest BCUT2D eigenvalue weighted by atomic mass is 16.1. The molecule has 0 radical (unpaired) electrons. The van der Waals surface area contributed by atoms with Crippen molar-refractivity contribution in [3.05, 3.63) is 47.5 Å². The largest absolute Gasteiger partial charge is 0.294 e. The Kier molecular flexibility index (Phi) is 4.44. The topological polar surface area (TPSA) is 40.9 Å². The molecule has 0 aromatic heterocycles. The molecule has 1 aromatic carbocycles. The molecule has 0 saturated heterocycles. The van der Waals surface area contributed by atoms with E-state index in [1.54, 1.807) is 12.1 Å². The second kappa shape index (κ2) is 5.64. The van der Waals surface area contributed by atoms with Crippen LogP contribution in [0.2, 0.25) is 0 Å². The lowest BCUT2D eigenvalue weighted by atomic mass is 9.83. The van der Waals surface area contributed by atoms with Gasteiger partial charge in [-0.3, -0.25) is 4.79 Å². The van der Waals surface area contributed by atoms with E-state index in [-0.39, 0.29) is 11.2 Å². The van der Waals surface area contributed by atoms with E-state index in [1.165, 1.54) is 0 Å². The third kappa shape index (κ3) is 3.30. The van der Waals surface area contributed by atoms with Crippen LogP contribution in [0.5, 0.6) is 0 Å². The van der Waals surface area contributed by atoms with Gasteiger partial charge in [-0.05, 0) is 23.5 Å². The van der Waals surface area contributed by atoms with Crippen LogP contribution in [0.4, 0.5) is 0 Å². The molecule has 0 saturated carbocycles. The zero-order chi connectivity index (χ0) is 13.8. The molecule has 0 aliphatic rings. The number of benzene rings is 1. The summed E-state index contributed by atoms with van der Waals surface area (Å²) in [5.41, 5.74) is 2.09. The molecule has 0 fully saturated rings. The van der Waals surface area contributed by atoms with Gasteiger partial charge < -0.3 is 0 Å². The molecule has 0 amide bonds. The highest BCUT2D eigenvalue weighted by Crippen LogP contribution is 2.26. The second-order valence-electron chi connectivity index (χ2n) is 5.37. The standard InChI is InChI=1S/C16H19NO/c1-5-6-7-15(18)12-8-9-14(16(2,3)4)13(10-12)11-17/h5,8-10H,1,6-7H2,2-4H3. The minimum Gasteiger partial charge on any atom is -0.294 e. The molecule has 0 atom stereocenters. The van der Waals surface area contributed by atoms with Crippen LogP contribution in [0.25, 0.3) is 0 Å². The number of allylic oxidation sites excluding steroid dienone is 1. The summed E-state index contributed by atoms with van der Waals surface area (Å²) in [4.78, 5) is 11.9. The third-order valence-corrected chi connectivity index (χ3v) is 2.85. The molecule has 18 heavy (non-hydrogen) atoms. The van der Waals surface area contributed by atoms with Crippen molar-refractivity contribution in [1.82, 2.24) is 0 Å². The Balaban J connectivity index is 3.11. The van der Waals surface area contributed by atoms with E-state index < -0.39 is 0 Å². The van der Waals surface area contributed by atoms with Gasteiger partial charge in [0.1, 0.15) is 0 Å². The Hall–Kier alpha value is -1.88. The summed E-state index contributed by atoms with van der Waals surface area (Å²) in [6, 6.07) is 7.58. The number of nitrogens with zero attached hydrogens (tertiary/aromatic N) is 1. The number of hydrogen-bond acceptors (Lipinski definition) is 2. The van der Waals surface area contributed by atoms with Crippen LogP contribution in [-0.4, -0.2) is 5.78 Å². The summed E-state index contributed by atoms with van der Waals surface area (Å²) in [6.07, 6.45) is 2.84. The van der Waals surface area contributed by atoms with Gasteiger partial charge in [0, 0.05) is 12.0 Å². The molecule has 0 heterocycles. The molecule has 1 rings (SSSR count). The fourth-order valence-corrected chi connectivity index (χ4v) is 1.84. The van der Waals surface area contributed by atoms with Gasteiger partial charge in [0.25, 0.3) is 0 Å². The molecule has 0 spiro atoms. The van der Waals surface area contributed by atoms with Gasteiger partial charge in [-0.2, -0.15) is 5.26 Å². The maximum atomic E-state index is 11.9. The second-order valence-corrected chi connectivity index (χ2v) is 5.37. The predicted octanol–water partition coefficient (Wildman–Crippen LogP) is 4.00. The number of carbonyl (C=O) groups is 1. The van der Waals surface area contributed by atoms with E-state index >= 15 is 0 Å². The number of hydrogen-bond donors (Lipinski definition) is 0. The summed E-state index contributed by atoms with van der Waals surface area (Å²) >= 11 is 0. The molecule has 0 aliphatic heterocycles. The summed E-state index contributed by atoms with van der Waals surface area (Å²) in [5.74, 6) is 0.0619. The zero-order valence-electron chi connectivity index (χ0n) is 11.3. The van der Waals surface area contributed by atoms with Crippen molar-refractivity contribution in [2.45, 2.75) is 39.0 Å². The summed E-state index contributed by atoms with van der Waals surface area (Å²) in [6.45, 7) is 9.78. The van der Waals surface area contributed by atoms with Gasteiger partial charge in [0.15, 0.2) is 5.78 Å². The van der Waals surface area contributed by atoms with Gasteiger partial charge in [-0.1, -0.05) is 39.0 Å². The molecule has 0 bridgehead atoms. The zero-order valence-corrected chi connectivity index (χ0v) is 11.3. The first-order valence-corrected chi connectivity index (χ1v) is 6.09. The van der Waals surface area contributed by atoms with Crippen molar-refractivity contribution < 1.29 is 4.79 Å². The van der Waals surface area contributed by atoms with E-state index in [9.17, 15) is 10.1 Å². The fourth-order valence-electron chi connectivity index (χ4n) is 1.84. The molecule has 0 N–H and O–H groups in total. The molecular weight excluding hydrogens is 222 g/mol. The van der Waals surface area contributed by atoms with Gasteiger partial charge in [0.2, 0.25) is 0 Å². The lowest BCUT2D eigenvalue weighted by Gasteiger charge is -2.20. The van der Waals surface area contributed by atoms with Gasteiger partial charge in [-0.15, -0.1) is 6.58 Å². The predicted molar refractivity (Wildman–Crippen MR) is 73.6 cm³/mol. The summed E-state index contributed by atoms with van der Waals surface area (Å²) < 4.78 is 0. The van der Waals surface area contributed by atoms with Crippen molar-refractivity contribution >= 4 is 5.78 Å². The number of ketones is 1. The first kappa shape index (κ1) is 14.2. The van der Waals surface area contributed by atoms with Crippen LogP contribution in [0, 0.1) is 11.3 Å². The molecule has 2 nitrogen and oxygen atoms in total. The van der Waals surface area contributed by atoms with Crippen molar-refractivity contribution in [2.24, 2.45) is 0 Å². The maximum Gasteiger partial charge on any atom is 0.163 e. The van der Waals surface area contributed by atoms with Crippen molar-refractivity contribution in [1.29, 1.82) is 5.26 Å². The SMILES string of the molecule is C=CCCC(=O)c1ccc(C(C)(C)C)c(C#N)c1. The number of Topliss-reactive ketones (excluding diaryl/α,β-unsaturated/α-hetero) is 1. The smallest absolute Gasteiger partial charge is 0.163 e. The minimum atomic E-state index is -0.0895. The molecular formula is C16H19NO. The van der Waals surface area contributed by atoms with E-state index in [4.69, 9.17) is 0 Å². The van der Waals surface area contributed by atoms with E-state index in [1.807, 2.05) is 12.1 Å². The lowest BCUT2D eigenvalue weighted by molar-refractivity contribution is 0.0983. The van der Waals surface area contributed by atoms with Gasteiger partial charge in [0.05, 0.1) is 11.6 Å². The minimum absolute atomic E-state index is 0.0619. The Labute approximate surface area is 109 Å². The first-order chi connectivity index (χ1) is 8.40. The average molecular weight is 241 g/mol. The fraction of sp³-hybridized carbons (Fsp3) is 0.375. The van der Waals surface area contributed by atoms with Crippen LogP contribution < -0.4 is 0 Å². The number of rotatable bonds is 4. The maximum absolute atomic E-state index is 11.9. The highest BCUT2D eigenvalue weighted by molar-refractivity contribution is 5.96. The van der Waals surface area contributed by atoms with Crippen LogP contribution in [0.1, 0.15) is 55.1 Å². The Morgan fingerprint density at radius 1 is 1.44 bits per heavy atom. The van der Waals surface area contributed by atoms with Crippen LogP contribution in [-0.2, 0) is 5.41 Å². The normalized spacial score (nSPS) is 10.8. The third-order valence-electron chi connectivity index (χ3n) is 2.85. The highest BCUT2D eigenvalue weighted by Gasteiger charge is 2.19. The summed E-state index contributed by atoms with van der Waals surface area (Å²) in [5, 5.41) is 9.19. The van der Waals surface area contributed by atoms with Crippen LogP contribution in [0.15, 0.2) is 30.9 Å². The Morgan fingerprint density at radius 2 is 2.11 bits per heavy atom. The number of carbonyl (C=O) groups excluding carboxylic acids is 1. The molecule has 0 unspecified atom stereocenters. The van der Waals surface area contributed by atoms with Crippen molar-refractivity contribution in [2.75, 3.05) is 0 Å². The summed E-state index contributed by atoms with van der Waals surface area (Å²) in [7, 11) is 0. The van der Waals surface area contributed by atoms with Gasteiger partial charge in [-0.25, -0.2) is 0 Å². The molecule has 94 valence electrons.